The predicted molar refractivity (Wildman–Crippen MR) is 64.6 cm³/mol. The fourth-order valence-electron chi connectivity index (χ4n) is 1.97. The third-order valence-corrected chi connectivity index (χ3v) is 2.98. The standard InChI is InChI=1S/C12H20N2O4/c1-7(2)5-9(12(17)18-4)13-8-6-10(15)14(3)11(8)16/h7-9,13H,5-6H2,1-4H3. The summed E-state index contributed by atoms with van der Waals surface area (Å²) in [7, 11) is 2.76. The summed E-state index contributed by atoms with van der Waals surface area (Å²) in [5.41, 5.74) is 0. The van der Waals surface area contributed by atoms with Crippen molar-refractivity contribution in [3.63, 3.8) is 0 Å². The van der Waals surface area contributed by atoms with E-state index in [-0.39, 0.29) is 24.2 Å². The number of hydrogen-bond acceptors (Lipinski definition) is 5. The van der Waals surface area contributed by atoms with Gasteiger partial charge in [0.2, 0.25) is 11.8 Å². The number of likely N-dealkylation sites (tertiary alicyclic amines) is 1. The van der Waals surface area contributed by atoms with Crippen LogP contribution in [0.1, 0.15) is 26.7 Å². The highest BCUT2D eigenvalue weighted by atomic mass is 16.5. The van der Waals surface area contributed by atoms with E-state index in [1.807, 2.05) is 13.8 Å². The Morgan fingerprint density at radius 2 is 2.11 bits per heavy atom. The fraction of sp³-hybridized carbons (Fsp3) is 0.750. The zero-order chi connectivity index (χ0) is 13.9. The SMILES string of the molecule is COC(=O)C(CC(C)C)NC1CC(=O)N(C)C1=O. The van der Waals surface area contributed by atoms with Crippen molar-refractivity contribution < 1.29 is 19.1 Å². The number of esters is 1. The number of hydrogen-bond donors (Lipinski definition) is 1. The number of imide groups is 1. The van der Waals surface area contributed by atoms with E-state index in [1.165, 1.54) is 14.2 Å². The quantitative estimate of drug-likeness (QED) is 0.550. The van der Waals surface area contributed by atoms with Crippen LogP contribution >= 0.6 is 0 Å². The molecule has 0 aromatic carbocycles. The Bertz CT molecular complexity index is 354. The van der Waals surface area contributed by atoms with Crippen LogP contribution in [-0.4, -0.2) is 48.9 Å². The molecule has 18 heavy (non-hydrogen) atoms. The number of methoxy groups -OCH3 is 1. The van der Waals surface area contributed by atoms with E-state index in [0.717, 1.165) is 4.90 Å². The third kappa shape index (κ3) is 3.29. The summed E-state index contributed by atoms with van der Waals surface area (Å²) in [4.78, 5) is 35.8. The van der Waals surface area contributed by atoms with Crippen LogP contribution in [0.5, 0.6) is 0 Å². The van der Waals surface area contributed by atoms with Crippen LogP contribution in [0.4, 0.5) is 0 Å². The molecule has 0 spiro atoms. The number of amides is 2. The summed E-state index contributed by atoms with van der Waals surface area (Å²) >= 11 is 0. The van der Waals surface area contributed by atoms with Gasteiger partial charge in [0.05, 0.1) is 19.6 Å². The molecular weight excluding hydrogens is 236 g/mol. The van der Waals surface area contributed by atoms with Gasteiger partial charge in [0.15, 0.2) is 0 Å². The average molecular weight is 256 g/mol. The smallest absolute Gasteiger partial charge is 0.322 e. The monoisotopic (exact) mass is 256 g/mol. The van der Waals surface area contributed by atoms with E-state index in [1.54, 1.807) is 0 Å². The van der Waals surface area contributed by atoms with Gasteiger partial charge in [0.1, 0.15) is 6.04 Å². The summed E-state index contributed by atoms with van der Waals surface area (Å²) in [6, 6.07) is -1.17. The largest absolute Gasteiger partial charge is 0.468 e. The van der Waals surface area contributed by atoms with Crippen LogP contribution in [0.15, 0.2) is 0 Å². The molecule has 2 unspecified atom stereocenters. The maximum absolute atomic E-state index is 11.7. The molecule has 1 rings (SSSR count). The first-order valence-electron chi connectivity index (χ1n) is 6.01. The third-order valence-electron chi connectivity index (χ3n) is 2.98. The molecular formula is C12H20N2O4. The van der Waals surface area contributed by atoms with E-state index < -0.39 is 18.1 Å². The first kappa shape index (κ1) is 14.6. The van der Waals surface area contributed by atoms with E-state index in [0.29, 0.717) is 6.42 Å². The zero-order valence-electron chi connectivity index (χ0n) is 11.2. The fourth-order valence-corrected chi connectivity index (χ4v) is 1.97. The first-order valence-corrected chi connectivity index (χ1v) is 6.01. The molecule has 2 amide bonds. The molecule has 0 radical (unpaired) electrons. The van der Waals surface area contributed by atoms with Gasteiger partial charge in [-0.3, -0.25) is 24.6 Å². The molecule has 1 saturated heterocycles. The van der Waals surface area contributed by atoms with Crippen molar-refractivity contribution in [3.05, 3.63) is 0 Å². The number of nitrogens with one attached hydrogen (secondary N) is 1. The van der Waals surface area contributed by atoms with Gasteiger partial charge in [-0.1, -0.05) is 13.8 Å². The van der Waals surface area contributed by atoms with Crippen molar-refractivity contribution in [2.75, 3.05) is 14.2 Å². The van der Waals surface area contributed by atoms with E-state index >= 15 is 0 Å². The molecule has 1 aliphatic rings. The number of ether oxygens (including phenoxy) is 1. The van der Waals surface area contributed by atoms with Crippen LogP contribution in [0.25, 0.3) is 0 Å². The van der Waals surface area contributed by atoms with Gasteiger partial charge in [0.25, 0.3) is 0 Å². The average Bonchev–Trinajstić information content (AvgIpc) is 2.54. The van der Waals surface area contributed by atoms with Crippen molar-refractivity contribution in [1.29, 1.82) is 0 Å². The maximum Gasteiger partial charge on any atom is 0.322 e. The van der Waals surface area contributed by atoms with Crippen LogP contribution in [-0.2, 0) is 19.1 Å². The van der Waals surface area contributed by atoms with Gasteiger partial charge in [-0.25, -0.2) is 0 Å². The minimum absolute atomic E-state index is 0.0981. The number of carbonyl (C=O) groups excluding carboxylic acids is 3. The molecule has 1 N–H and O–H groups in total. The molecule has 0 aromatic rings. The van der Waals surface area contributed by atoms with Gasteiger partial charge in [-0.2, -0.15) is 0 Å². The number of rotatable bonds is 5. The highest BCUT2D eigenvalue weighted by Gasteiger charge is 2.38. The minimum atomic E-state index is -0.620. The lowest BCUT2D eigenvalue weighted by atomic mass is 10.0. The molecule has 102 valence electrons. The summed E-state index contributed by atoms with van der Waals surface area (Å²) in [6.45, 7) is 3.96. The second kappa shape index (κ2) is 5.95. The second-order valence-corrected chi connectivity index (χ2v) is 4.92. The zero-order valence-corrected chi connectivity index (χ0v) is 11.2. The molecule has 6 heteroatoms. The number of carbonyl (C=O) groups is 3. The van der Waals surface area contributed by atoms with Crippen molar-refractivity contribution in [1.82, 2.24) is 10.2 Å². The highest BCUT2D eigenvalue weighted by molar-refractivity contribution is 6.05. The molecule has 2 atom stereocenters. The molecule has 6 nitrogen and oxygen atoms in total. The van der Waals surface area contributed by atoms with Crippen molar-refractivity contribution in [2.45, 2.75) is 38.8 Å². The number of likely N-dealkylation sites (N-methyl/N-ethyl adjacent to an activating group) is 1. The Balaban J connectivity index is 2.69. The Morgan fingerprint density at radius 3 is 2.50 bits per heavy atom. The molecule has 0 aromatic heterocycles. The Labute approximate surface area is 107 Å². The van der Waals surface area contributed by atoms with Gasteiger partial charge in [-0.05, 0) is 12.3 Å². The highest BCUT2D eigenvalue weighted by Crippen LogP contribution is 2.14. The predicted octanol–water partition coefficient (Wildman–Crippen LogP) is -0.0790. The van der Waals surface area contributed by atoms with Gasteiger partial charge in [-0.15, -0.1) is 0 Å². The normalized spacial score (nSPS) is 21.6. The molecule has 1 heterocycles. The maximum atomic E-state index is 11.7. The van der Waals surface area contributed by atoms with Gasteiger partial charge >= 0.3 is 5.97 Å². The Kier molecular flexibility index (Phi) is 4.84. The topological polar surface area (TPSA) is 75.7 Å². The van der Waals surface area contributed by atoms with E-state index in [9.17, 15) is 14.4 Å². The molecule has 1 aliphatic heterocycles. The second-order valence-electron chi connectivity index (χ2n) is 4.92. The summed E-state index contributed by atoms with van der Waals surface area (Å²) in [6.07, 6.45) is 0.662. The van der Waals surface area contributed by atoms with E-state index in [2.05, 4.69) is 5.32 Å². The lowest BCUT2D eigenvalue weighted by molar-refractivity contribution is -0.144. The summed E-state index contributed by atoms with van der Waals surface area (Å²) in [5.74, 6) is -0.645. The Hall–Kier alpha value is -1.43. The van der Waals surface area contributed by atoms with Crippen LogP contribution < -0.4 is 5.32 Å². The Morgan fingerprint density at radius 1 is 1.50 bits per heavy atom. The lowest BCUT2D eigenvalue weighted by Crippen LogP contribution is -2.47. The molecule has 0 aliphatic carbocycles. The minimum Gasteiger partial charge on any atom is -0.468 e. The van der Waals surface area contributed by atoms with Crippen LogP contribution in [0.3, 0.4) is 0 Å². The van der Waals surface area contributed by atoms with Crippen LogP contribution in [0, 0.1) is 5.92 Å². The lowest BCUT2D eigenvalue weighted by Gasteiger charge is -2.21. The van der Waals surface area contributed by atoms with Crippen molar-refractivity contribution >= 4 is 17.8 Å². The van der Waals surface area contributed by atoms with Gasteiger partial charge < -0.3 is 4.74 Å². The first-order chi connectivity index (χ1) is 8.36. The summed E-state index contributed by atoms with van der Waals surface area (Å²) in [5, 5.41) is 2.92. The summed E-state index contributed by atoms with van der Waals surface area (Å²) < 4.78 is 4.70. The van der Waals surface area contributed by atoms with Gasteiger partial charge in [0, 0.05) is 7.05 Å². The molecule has 0 saturated carbocycles. The molecule has 1 fully saturated rings. The van der Waals surface area contributed by atoms with Crippen LogP contribution in [0.2, 0.25) is 0 Å². The van der Waals surface area contributed by atoms with Crippen molar-refractivity contribution in [3.8, 4) is 0 Å². The molecule has 0 bridgehead atoms. The number of nitrogens with zero attached hydrogens (tertiary/aromatic N) is 1. The van der Waals surface area contributed by atoms with Crippen molar-refractivity contribution in [2.24, 2.45) is 5.92 Å². The van der Waals surface area contributed by atoms with E-state index in [4.69, 9.17) is 4.74 Å².